The first kappa shape index (κ1) is 31.1. The van der Waals surface area contributed by atoms with Gasteiger partial charge in [0.05, 0.1) is 41.4 Å². The average molecular weight is 650 g/mol. The second-order valence-corrected chi connectivity index (χ2v) is 12.2. The van der Waals surface area contributed by atoms with Gasteiger partial charge in [-0.3, -0.25) is 9.59 Å². The molecular weight excluding hydrogens is 622 g/mol. The average Bonchev–Trinajstić information content (AvgIpc) is 3.24. The molecule has 2 N–H and O–H groups in total. The number of hydrogen-bond donors (Lipinski definition) is 2. The molecule has 6 rings (SSSR count). The Balaban J connectivity index is 1.27. The van der Waals surface area contributed by atoms with E-state index in [0.717, 1.165) is 6.39 Å². The predicted octanol–water partition coefficient (Wildman–Crippen LogP) is 4.52. The molecule has 10 nitrogen and oxygen atoms in total. The Morgan fingerprint density at radius 2 is 1.87 bits per heavy atom. The van der Waals surface area contributed by atoms with Gasteiger partial charge < -0.3 is 15.1 Å². The van der Waals surface area contributed by atoms with E-state index < -0.39 is 84.6 Å². The maximum Gasteiger partial charge on any atom is 0.408 e. The Bertz CT molecular complexity index is 1560. The number of imidazole rings is 1. The van der Waals surface area contributed by atoms with Crippen molar-refractivity contribution in [3.63, 3.8) is 0 Å². The van der Waals surface area contributed by atoms with E-state index in [9.17, 15) is 44.7 Å². The van der Waals surface area contributed by atoms with Crippen LogP contribution in [-0.2, 0) is 22.4 Å². The second-order valence-electron chi connectivity index (χ2n) is 12.2. The lowest BCUT2D eigenvalue weighted by atomic mass is 9.76. The zero-order chi connectivity index (χ0) is 32.4. The van der Waals surface area contributed by atoms with Crippen LogP contribution in [-0.4, -0.2) is 60.9 Å². The molecule has 3 aromatic rings. The SMILES string of the molecule is O=C(N[C@H](c1cn2ncc(C[C@@]3(Cc4nnco4)C[C@@H](C(F)(F)F)NC3=O)cc2n1)C1CCC(F)(F)CC1)[C@H]1C[C@@H]1C(F)(F)F. The first-order valence-corrected chi connectivity index (χ1v) is 14.2. The maximum absolute atomic E-state index is 13.9. The highest BCUT2D eigenvalue weighted by Crippen LogP contribution is 2.51. The standard InChI is InChI=1S/C27H27F8N7O3/c28-25(29)3-1-14(2-4-25)21(40-22(43)15-6-16(15)26(30,31)32)17-11-42-19(38-17)5-13(10-37-42)7-24(9-20-41-36-12-45-20)8-18(27(33,34)35)39-23(24)44/h5,10-12,14-16,18,21H,1-4,6-9H2,(H,39,44)(H,40,43)/t15-,16-,18-,21-,24-/m0/s1. The van der Waals surface area contributed by atoms with Crippen LogP contribution in [0.15, 0.2) is 29.3 Å². The van der Waals surface area contributed by atoms with Crippen molar-refractivity contribution in [1.82, 2.24) is 35.4 Å². The van der Waals surface area contributed by atoms with Gasteiger partial charge in [-0.1, -0.05) is 0 Å². The number of rotatable bonds is 8. The summed E-state index contributed by atoms with van der Waals surface area (Å²) >= 11 is 0. The number of carbonyl (C=O) groups excluding carboxylic acids is 2. The van der Waals surface area contributed by atoms with Gasteiger partial charge in [0, 0.05) is 19.3 Å². The summed E-state index contributed by atoms with van der Waals surface area (Å²) in [5, 5.41) is 16.1. The summed E-state index contributed by atoms with van der Waals surface area (Å²) in [5.74, 6) is -8.24. The largest absolute Gasteiger partial charge is 0.428 e. The number of nitrogens with zero attached hydrogens (tertiary/aromatic N) is 5. The predicted molar refractivity (Wildman–Crippen MR) is 135 cm³/mol. The van der Waals surface area contributed by atoms with Crippen molar-refractivity contribution >= 4 is 17.5 Å². The molecule has 0 unspecified atom stereocenters. The van der Waals surface area contributed by atoms with E-state index >= 15 is 0 Å². The number of hydrogen-bond acceptors (Lipinski definition) is 7. The van der Waals surface area contributed by atoms with E-state index in [4.69, 9.17) is 4.42 Å². The highest BCUT2D eigenvalue weighted by atomic mass is 19.4. The molecule has 1 saturated heterocycles. The number of alkyl halides is 8. The van der Waals surface area contributed by atoms with Gasteiger partial charge in [0.1, 0.15) is 6.04 Å². The zero-order valence-electron chi connectivity index (χ0n) is 23.3. The van der Waals surface area contributed by atoms with Crippen LogP contribution in [0, 0.1) is 23.2 Å². The third kappa shape index (κ3) is 6.45. The number of fused-ring (bicyclic) bond motifs is 1. The fourth-order valence-corrected chi connectivity index (χ4v) is 6.48. The Kier molecular flexibility index (Phi) is 7.54. The highest BCUT2D eigenvalue weighted by molar-refractivity contribution is 5.86. The van der Waals surface area contributed by atoms with Crippen molar-refractivity contribution in [3.8, 4) is 0 Å². The van der Waals surface area contributed by atoms with E-state index in [-0.39, 0.29) is 49.3 Å². The third-order valence-electron chi connectivity index (χ3n) is 9.01. The van der Waals surface area contributed by atoms with Crippen molar-refractivity contribution in [2.24, 2.45) is 23.2 Å². The molecule has 244 valence electrons. The van der Waals surface area contributed by atoms with Gasteiger partial charge in [0.2, 0.25) is 30.0 Å². The van der Waals surface area contributed by atoms with E-state index in [0.29, 0.717) is 5.56 Å². The van der Waals surface area contributed by atoms with Crippen LogP contribution in [0.1, 0.15) is 61.7 Å². The zero-order valence-corrected chi connectivity index (χ0v) is 23.3. The smallest absolute Gasteiger partial charge is 0.408 e. The molecule has 0 bridgehead atoms. The summed E-state index contributed by atoms with van der Waals surface area (Å²) < 4.78 is 114. The maximum atomic E-state index is 13.9. The number of carbonyl (C=O) groups is 2. The van der Waals surface area contributed by atoms with Gasteiger partial charge >= 0.3 is 12.4 Å². The molecule has 18 heteroatoms. The fraction of sp³-hybridized carbons (Fsp3) is 0.630. The van der Waals surface area contributed by atoms with Crippen LogP contribution >= 0.6 is 0 Å². The first-order valence-electron chi connectivity index (χ1n) is 14.2. The molecule has 5 atom stereocenters. The number of nitrogens with one attached hydrogen (secondary N) is 2. The Morgan fingerprint density at radius 1 is 1.13 bits per heavy atom. The summed E-state index contributed by atoms with van der Waals surface area (Å²) in [6, 6.07) is -1.60. The Labute approximate surface area is 249 Å². The number of halogens is 8. The van der Waals surface area contributed by atoms with Gasteiger partial charge in [-0.25, -0.2) is 18.3 Å². The molecule has 2 amide bonds. The highest BCUT2D eigenvalue weighted by Gasteiger charge is 2.59. The van der Waals surface area contributed by atoms with Crippen LogP contribution in [0.5, 0.6) is 0 Å². The molecule has 45 heavy (non-hydrogen) atoms. The van der Waals surface area contributed by atoms with Crippen LogP contribution < -0.4 is 10.6 Å². The van der Waals surface area contributed by atoms with E-state index in [2.05, 4.69) is 25.6 Å². The van der Waals surface area contributed by atoms with Crippen molar-refractivity contribution in [3.05, 3.63) is 42.0 Å². The minimum atomic E-state index is -4.70. The van der Waals surface area contributed by atoms with Crippen LogP contribution in [0.2, 0.25) is 0 Å². The lowest BCUT2D eigenvalue weighted by Crippen LogP contribution is -2.39. The van der Waals surface area contributed by atoms with E-state index in [1.54, 1.807) is 0 Å². The van der Waals surface area contributed by atoms with Gasteiger partial charge in [-0.2, -0.15) is 31.4 Å². The van der Waals surface area contributed by atoms with E-state index in [1.807, 2.05) is 5.32 Å². The van der Waals surface area contributed by atoms with Gasteiger partial charge in [-0.05, 0) is 49.7 Å². The monoisotopic (exact) mass is 649 g/mol. The summed E-state index contributed by atoms with van der Waals surface area (Å²) in [4.78, 5) is 30.3. The van der Waals surface area contributed by atoms with Gasteiger partial charge in [0.15, 0.2) is 5.65 Å². The lowest BCUT2D eigenvalue weighted by Gasteiger charge is -2.33. The molecule has 2 aliphatic carbocycles. The van der Waals surface area contributed by atoms with Crippen molar-refractivity contribution < 1.29 is 49.1 Å². The number of aromatic nitrogens is 5. The summed E-state index contributed by atoms with van der Waals surface area (Å²) in [6.07, 6.45) is -7.90. The summed E-state index contributed by atoms with van der Waals surface area (Å²) in [5.41, 5.74) is -0.934. The van der Waals surface area contributed by atoms with Crippen LogP contribution in [0.4, 0.5) is 35.1 Å². The molecule has 3 aromatic heterocycles. The van der Waals surface area contributed by atoms with E-state index in [1.165, 1.54) is 23.0 Å². The minimum Gasteiger partial charge on any atom is -0.428 e. The molecule has 2 saturated carbocycles. The van der Waals surface area contributed by atoms with Gasteiger partial charge in [-0.15, -0.1) is 10.2 Å². The van der Waals surface area contributed by atoms with Crippen LogP contribution in [0.3, 0.4) is 0 Å². The molecule has 0 aromatic carbocycles. The third-order valence-corrected chi connectivity index (χ3v) is 9.01. The second kappa shape index (κ2) is 10.9. The molecule has 3 fully saturated rings. The minimum absolute atomic E-state index is 0.00839. The molecule has 0 spiro atoms. The van der Waals surface area contributed by atoms with Crippen LogP contribution in [0.25, 0.3) is 5.65 Å². The Hall–Kier alpha value is -3.86. The summed E-state index contributed by atoms with van der Waals surface area (Å²) in [6.45, 7) is 0. The lowest BCUT2D eigenvalue weighted by molar-refractivity contribution is -0.155. The quantitative estimate of drug-likeness (QED) is 0.344. The molecule has 4 heterocycles. The normalized spacial score (nSPS) is 27.8. The van der Waals surface area contributed by atoms with Crippen molar-refractivity contribution in [2.75, 3.05) is 0 Å². The first-order chi connectivity index (χ1) is 21.0. The molecule has 0 radical (unpaired) electrons. The topological polar surface area (TPSA) is 127 Å². The molecule has 1 aliphatic heterocycles. The molecule has 3 aliphatic rings. The number of amides is 2. The Morgan fingerprint density at radius 3 is 2.47 bits per heavy atom. The van der Waals surface area contributed by atoms with Gasteiger partial charge in [0.25, 0.3) is 0 Å². The molecular formula is C27H27F8N7O3. The van der Waals surface area contributed by atoms with Crippen molar-refractivity contribution in [1.29, 1.82) is 0 Å². The summed E-state index contributed by atoms with van der Waals surface area (Å²) in [7, 11) is 0. The van der Waals surface area contributed by atoms with Crippen molar-refractivity contribution in [2.45, 2.75) is 81.7 Å². The fourth-order valence-electron chi connectivity index (χ4n) is 6.48.